The number of likely N-dealkylation sites (N-methyl/N-ethyl adjacent to an activating group) is 2. The minimum Gasteiger partial charge on any atom is -0.367 e. The van der Waals surface area contributed by atoms with Crippen LogP contribution in [0.1, 0.15) is 13.8 Å². The largest absolute Gasteiger partial charge is 0.367 e. The number of carbonyl (C=O) groups excluding carboxylic acids is 1. The molecule has 1 rings (SSSR count). The first-order valence-electron chi connectivity index (χ1n) is 6.62. The van der Waals surface area contributed by atoms with Crippen LogP contribution in [-0.4, -0.2) is 59.4 Å². The molecule has 0 fully saturated rings. The van der Waals surface area contributed by atoms with Gasteiger partial charge in [0.2, 0.25) is 17.5 Å². The van der Waals surface area contributed by atoms with Gasteiger partial charge < -0.3 is 15.1 Å². The van der Waals surface area contributed by atoms with E-state index in [1.165, 1.54) is 11.2 Å². The van der Waals surface area contributed by atoms with Gasteiger partial charge in [0.15, 0.2) is 0 Å². The second kappa shape index (κ2) is 7.36. The fourth-order valence-electron chi connectivity index (χ4n) is 1.95. The molecule has 1 N–H and O–H groups in total. The summed E-state index contributed by atoms with van der Waals surface area (Å²) in [5.74, 6) is 0.119. The summed E-state index contributed by atoms with van der Waals surface area (Å²) in [6, 6.07) is 0. The van der Waals surface area contributed by atoms with E-state index in [-0.39, 0.29) is 29.8 Å². The molecule has 1 aromatic heterocycles. The number of amides is 1. The van der Waals surface area contributed by atoms with Crippen molar-refractivity contribution in [2.75, 3.05) is 43.9 Å². The van der Waals surface area contributed by atoms with Crippen molar-refractivity contribution in [3.05, 3.63) is 16.4 Å². The number of hydrogen-bond acceptors (Lipinski definition) is 7. The summed E-state index contributed by atoms with van der Waals surface area (Å²) in [6.07, 6.45) is 1.23. The number of aromatic nitrogens is 2. The van der Waals surface area contributed by atoms with Gasteiger partial charge in [0.25, 0.3) is 0 Å². The first-order valence-corrected chi connectivity index (χ1v) is 6.62. The Morgan fingerprint density at radius 1 is 1.38 bits per heavy atom. The zero-order valence-corrected chi connectivity index (χ0v) is 12.7. The predicted octanol–water partition coefficient (Wildman–Crippen LogP) is 0.731. The molecule has 116 valence electrons. The molecule has 21 heavy (non-hydrogen) atoms. The third-order valence-electron chi connectivity index (χ3n) is 3.07. The van der Waals surface area contributed by atoms with Gasteiger partial charge in [-0.05, 0) is 13.8 Å². The van der Waals surface area contributed by atoms with Crippen molar-refractivity contribution in [2.24, 2.45) is 0 Å². The predicted molar refractivity (Wildman–Crippen MR) is 79.4 cm³/mol. The fraction of sp³-hybridized carbons (Fsp3) is 0.583. The van der Waals surface area contributed by atoms with Gasteiger partial charge >= 0.3 is 5.69 Å². The molecule has 0 saturated carbocycles. The van der Waals surface area contributed by atoms with E-state index >= 15 is 0 Å². The Kier molecular flexibility index (Phi) is 5.82. The lowest BCUT2D eigenvalue weighted by Crippen LogP contribution is -2.39. The molecule has 0 radical (unpaired) electrons. The molecule has 9 heteroatoms. The highest BCUT2D eigenvalue weighted by molar-refractivity contribution is 5.82. The van der Waals surface area contributed by atoms with Crippen LogP contribution in [0.2, 0.25) is 0 Å². The van der Waals surface area contributed by atoms with Crippen molar-refractivity contribution in [1.29, 1.82) is 0 Å². The van der Waals surface area contributed by atoms with Crippen molar-refractivity contribution in [3.8, 4) is 0 Å². The smallest absolute Gasteiger partial charge is 0.353 e. The number of carbonyl (C=O) groups is 1. The monoisotopic (exact) mass is 296 g/mol. The highest BCUT2D eigenvalue weighted by Crippen LogP contribution is 2.30. The molecule has 0 bridgehead atoms. The van der Waals surface area contributed by atoms with Crippen LogP contribution in [-0.2, 0) is 4.79 Å². The molecule has 0 aliphatic heterocycles. The minimum atomic E-state index is -0.556. The summed E-state index contributed by atoms with van der Waals surface area (Å²) < 4.78 is 0. The molecule has 1 amide bonds. The maximum absolute atomic E-state index is 12.1. The maximum Gasteiger partial charge on any atom is 0.353 e. The summed E-state index contributed by atoms with van der Waals surface area (Å²) in [4.78, 5) is 33.6. The second-order valence-corrected chi connectivity index (χ2v) is 4.32. The van der Waals surface area contributed by atoms with Gasteiger partial charge in [-0.1, -0.05) is 0 Å². The lowest BCUT2D eigenvalue weighted by Gasteiger charge is -2.23. The van der Waals surface area contributed by atoms with E-state index in [9.17, 15) is 14.9 Å². The van der Waals surface area contributed by atoms with Crippen LogP contribution < -0.4 is 10.2 Å². The Balaban J connectivity index is 3.05. The number of anilines is 2. The van der Waals surface area contributed by atoms with Gasteiger partial charge in [0.1, 0.15) is 6.33 Å². The van der Waals surface area contributed by atoms with Crippen LogP contribution in [0.15, 0.2) is 6.33 Å². The van der Waals surface area contributed by atoms with Crippen molar-refractivity contribution >= 4 is 23.2 Å². The van der Waals surface area contributed by atoms with Gasteiger partial charge in [0, 0.05) is 27.2 Å². The molecule has 0 unspecified atom stereocenters. The zero-order valence-electron chi connectivity index (χ0n) is 12.7. The number of nitrogens with one attached hydrogen (secondary N) is 1. The van der Waals surface area contributed by atoms with E-state index in [4.69, 9.17) is 0 Å². The topological polar surface area (TPSA) is 104 Å². The first-order chi connectivity index (χ1) is 9.96. The summed E-state index contributed by atoms with van der Waals surface area (Å²) in [5.41, 5.74) is -0.241. The van der Waals surface area contributed by atoms with Gasteiger partial charge in [-0.3, -0.25) is 14.9 Å². The maximum atomic E-state index is 12.1. The van der Waals surface area contributed by atoms with E-state index in [1.807, 2.05) is 13.8 Å². The Bertz CT molecular complexity index is 518. The number of nitro groups is 1. The van der Waals surface area contributed by atoms with Crippen molar-refractivity contribution in [2.45, 2.75) is 13.8 Å². The molecule has 0 spiro atoms. The first kappa shape index (κ1) is 16.6. The van der Waals surface area contributed by atoms with Crippen LogP contribution in [0.25, 0.3) is 0 Å². The zero-order chi connectivity index (χ0) is 16.0. The Labute approximate surface area is 123 Å². The van der Waals surface area contributed by atoms with Crippen LogP contribution in [0.5, 0.6) is 0 Å². The fourth-order valence-corrected chi connectivity index (χ4v) is 1.95. The van der Waals surface area contributed by atoms with Crippen molar-refractivity contribution in [3.63, 3.8) is 0 Å². The molecule has 0 aromatic carbocycles. The molecule has 0 aliphatic rings. The molecule has 1 aromatic rings. The van der Waals surface area contributed by atoms with Crippen LogP contribution >= 0.6 is 0 Å². The number of hydrogen-bond donors (Lipinski definition) is 1. The average Bonchev–Trinajstić information content (AvgIpc) is 2.47. The van der Waals surface area contributed by atoms with E-state index in [1.54, 1.807) is 19.0 Å². The van der Waals surface area contributed by atoms with Gasteiger partial charge in [-0.25, -0.2) is 9.97 Å². The summed E-state index contributed by atoms with van der Waals surface area (Å²) in [5, 5.41) is 13.9. The van der Waals surface area contributed by atoms with E-state index in [2.05, 4.69) is 15.3 Å². The summed E-state index contributed by atoms with van der Waals surface area (Å²) >= 11 is 0. The Morgan fingerprint density at radius 3 is 2.48 bits per heavy atom. The third kappa shape index (κ3) is 3.77. The molecule has 1 heterocycles. The molecule has 9 nitrogen and oxygen atoms in total. The summed E-state index contributed by atoms with van der Waals surface area (Å²) in [6.45, 7) is 4.97. The normalized spacial score (nSPS) is 10.1. The lowest BCUT2D eigenvalue weighted by molar-refractivity contribution is -0.383. The van der Waals surface area contributed by atoms with E-state index in [0.29, 0.717) is 13.1 Å². The van der Waals surface area contributed by atoms with Gasteiger partial charge in [-0.15, -0.1) is 0 Å². The molecule has 0 atom stereocenters. The van der Waals surface area contributed by atoms with Crippen LogP contribution in [0, 0.1) is 10.1 Å². The molecular weight excluding hydrogens is 276 g/mol. The van der Waals surface area contributed by atoms with Gasteiger partial charge in [-0.2, -0.15) is 0 Å². The van der Waals surface area contributed by atoms with E-state index < -0.39 is 4.92 Å². The third-order valence-corrected chi connectivity index (χ3v) is 3.07. The lowest BCUT2D eigenvalue weighted by atomic mass is 10.3. The van der Waals surface area contributed by atoms with Gasteiger partial charge in [0.05, 0.1) is 11.5 Å². The van der Waals surface area contributed by atoms with Crippen molar-refractivity contribution < 1.29 is 9.72 Å². The molecular formula is C12H20N6O3. The summed E-state index contributed by atoms with van der Waals surface area (Å²) in [7, 11) is 3.14. The standard InChI is InChI=1S/C12H20N6O3/c1-5-17(6-2)9(19)7-16(4)12-10(18(20)21)11(13-3)14-8-15-12/h8H,5-7H2,1-4H3,(H,13,14,15). The van der Waals surface area contributed by atoms with E-state index in [0.717, 1.165) is 0 Å². The molecule has 0 aliphatic carbocycles. The highest BCUT2D eigenvalue weighted by atomic mass is 16.6. The minimum absolute atomic E-state index is 0.0166. The van der Waals surface area contributed by atoms with Crippen molar-refractivity contribution in [1.82, 2.24) is 14.9 Å². The average molecular weight is 296 g/mol. The number of nitrogens with zero attached hydrogens (tertiary/aromatic N) is 5. The Morgan fingerprint density at radius 2 is 2.00 bits per heavy atom. The molecule has 0 saturated heterocycles. The number of rotatable bonds is 7. The Hall–Kier alpha value is -2.45. The van der Waals surface area contributed by atoms with Crippen LogP contribution in [0.3, 0.4) is 0 Å². The van der Waals surface area contributed by atoms with Crippen LogP contribution in [0.4, 0.5) is 17.3 Å². The highest BCUT2D eigenvalue weighted by Gasteiger charge is 2.26. The SMILES string of the molecule is CCN(CC)C(=O)CN(C)c1ncnc(NC)c1[N+](=O)[O-]. The second-order valence-electron chi connectivity index (χ2n) is 4.32. The quantitative estimate of drug-likeness (QED) is 0.584.